The van der Waals surface area contributed by atoms with E-state index in [9.17, 15) is 9.59 Å². The minimum absolute atomic E-state index is 0.229. The Hall–Kier alpha value is -2.54. The Morgan fingerprint density at radius 3 is 2.64 bits per heavy atom. The van der Waals surface area contributed by atoms with Crippen LogP contribution < -0.4 is 15.5 Å². The molecule has 0 atom stereocenters. The van der Waals surface area contributed by atoms with Crippen molar-refractivity contribution in [2.45, 2.75) is 32.7 Å². The first-order valence-electron chi connectivity index (χ1n) is 7.95. The molecule has 8 heteroatoms. The Kier molecular flexibility index (Phi) is 4.67. The van der Waals surface area contributed by atoms with Gasteiger partial charge in [0, 0.05) is 18.8 Å². The molecule has 0 bridgehead atoms. The number of aryl methyl sites for hydroxylation is 2. The number of hydrogen-bond acceptors (Lipinski definition) is 4. The van der Waals surface area contributed by atoms with Gasteiger partial charge in [0.25, 0.3) is 5.91 Å². The number of carbonyl (C=O) groups is 2. The number of nitrogens with one attached hydrogen (secondary N) is 2. The molecular weight excluding hydrogens is 344 g/mol. The third kappa shape index (κ3) is 3.76. The van der Waals surface area contributed by atoms with Crippen molar-refractivity contribution >= 4 is 34.9 Å². The molecule has 3 amide bonds. The summed E-state index contributed by atoms with van der Waals surface area (Å²) in [6.45, 7) is 3.50. The van der Waals surface area contributed by atoms with E-state index in [1.54, 1.807) is 39.1 Å². The number of carbonyl (C=O) groups excluding carboxylic acids is 2. The topological polar surface area (TPSA) is 87.5 Å². The van der Waals surface area contributed by atoms with Crippen LogP contribution in [0.15, 0.2) is 22.7 Å². The first-order valence-corrected chi connectivity index (χ1v) is 8.32. The lowest BCUT2D eigenvalue weighted by Crippen LogP contribution is -2.32. The molecule has 1 aromatic heterocycles. The minimum atomic E-state index is -0.370. The molecule has 3 rings (SSSR count). The zero-order chi connectivity index (χ0) is 18.1. The van der Waals surface area contributed by atoms with Crippen LogP contribution in [0.4, 0.5) is 16.2 Å². The van der Waals surface area contributed by atoms with Crippen molar-refractivity contribution in [1.29, 1.82) is 0 Å². The van der Waals surface area contributed by atoms with Gasteiger partial charge in [0.15, 0.2) is 5.76 Å². The maximum atomic E-state index is 12.5. The maximum absolute atomic E-state index is 12.5. The molecule has 1 heterocycles. The first kappa shape index (κ1) is 17.3. The van der Waals surface area contributed by atoms with Crippen molar-refractivity contribution in [3.8, 4) is 0 Å². The highest BCUT2D eigenvalue weighted by Gasteiger charge is 2.25. The number of aromatic nitrogens is 1. The molecule has 7 nitrogen and oxygen atoms in total. The number of benzene rings is 1. The highest BCUT2D eigenvalue weighted by molar-refractivity contribution is 6.34. The van der Waals surface area contributed by atoms with E-state index in [1.165, 1.54) is 4.90 Å². The molecule has 0 unspecified atom stereocenters. The van der Waals surface area contributed by atoms with Crippen LogP contribution in [0.3, 0.4) is 0 Å². The molecule has 132 valence electrons. The van der Waals surface area contributed by atoms with Gasteiger partial charge in [-0.3, -0.25) is 9.69 Å². The number of nitrogens with zero attached hydrogens (tertiary/aromatic N) is 2. The van der Waals surface area contributed by atoms with E-state index in [1.807, 2.05) is 0 Å². The van der Waals surface area contributed by atoms with Crippen molar-refractivity contribution in [2.24, 2.45) is 0 Å². The van der Waals surface area contributed by atoms with Gasteiger partial charge in [-0.2, -0.15) is 0 Å². The molecule has 2 aromatic rings. The Balaban J connectivity index is 1.75. The van der Waals surface area contributed by atoms with Crippen LogP contribution in [0, 0.1) is 13.8 Å². The number of halogens is 1. The van der Waals surface area contributed by atoms with Gasteiger partial charge in [0.05, 0.1) is 10.6 Å². The lowest BCUT2D eigenvalue weighted by molar-refractivity contribution is 0.0951. The van der Waals surface area contributed by atoms with E-state index in [4.69, 9.17) is 16.1 Å². The first-order chi connectivity index (χ1) is 11.9. The van der Waals surface area contributed by atoms with E-state index < -0.39 is 0 Å². The van der Waals surface area contributed by atoms with Crippen LogP contribution in [0.25, 0.3) is 0 Å². The van der Waals surface area contributed by atoms with E-state index >= 15 is 0 Å². The van der Waals surface area contributed by atoms with Crippen LogP contribution >= 0.6 is 11.6 Å². The van der Waals surface area contributed by atoms with Gasteiger partial charge >= 0.3 is 6.03 Å². The number of rotatable bonds is 4. The molecule has 1 aromatic carbocycles. The average Bonchev–Trinajstić information content (AvgIpc) is 3.32. The summed E-state index contributed by atoms with van der Waals surface area (Å²) < 4.78 is 5.08. The zero-order valence-electron chi connectivity index (χ0n) is 14.2. The predicted molar refractivity (Wildman–Crippen MR) is 95.3 cm³/mol. The second kappa shape index (κ2) is 6.76. The SMILES string of the molecule is Cc1noc(C)c1N(C)C(=O)Nc1ccc(Cl)c(C(=O)NC2CC2)c1. The Morgan fingerprint density at radius 2 is 2.04 bits per heavy atom. The van der Waals surface area contributed by atoms with Crippen LogP contribution in [0.2, 0.25) is 5.02 Å². The Bertz CT molecular complexity index is 810. The Morgan fingerprint density at radius 1 is 1.32 bits per heavy atom. The fraction of sp³-hybridized carbons (Fsp3) is 0.353. The minimum Gasteiger partial charge on any atom is -0.359 e. The number of amides is 3. The second-order valence-electron chi connectivity index (χ2n) is 6.10. The van der Waals surface area contributed by atoms with E-state index in [2.05, 4.69) is 15.8 Å². The average molecular weight is 363 g/mol. The fourth-order valence-electron chi connectivity index (χ4n) is 2.53. The highest BCUT2D eigenvalue weighted by atomic mass is 35.5. The summed E-state index contributed by atoms with van der Waals surface area (Å²) in [4.78, 5) is 26.1. The van der Waals surface area contributed by atoms with Crippen LogP contribution in [0.5, 0.6) is 0 Å². The fourth-order valence-corrected chi connectivity index (χ4v) is 2.74. The lowest BCUT2D eigenvalue weighted by Gasteiger charge is -2.18. The Labute approximate surface area is 150 Å². The normalized spacial score (nSPS) is 13.4. The number of anilines is 2. The summed E-state index contributed by atoms with van der Waals surface area (Å²) in [5.41, 5.74) is 2.05. The summed E-state index contributed by atoms with van der Waals surface area (Å²) in [5, 5.41) is 9.82. The smallest absolute Gasteiger partial charge is 0.326 e. The van der Waals surface area contributed by atoms with Gasteiger partial charge in [-0.15, -0.1) is 0 Å². The molecular formula is C17H19ClN4O3. The number of urea groups is 1. The van der Waals surface area contributed by atoms with Crippen LogP contribution in [-0.2, 0) is 0 Å². The summed E-state index contributed by atoms with van der Waals surface area (Å²) in [5.74, 6) is 0.318. The maximum Gasteiger partial charge on any atom is 0.326 e. The van der Waals surface area contributed by atoms with Gasteiger partial charge in [0.1, 0.15) is 11.4 Å². The van der Waals surface area contributed by atoms with E-state index in [-0.39, 0.29) is 18.0 Å². The summed E-state index contributed by atoms with van der Waals surface area (Å²) in [7, 11) is 1.62. The predicted octanol–water partition coefficient (Wildman–Crippen LogP) is 3.51. The van der Waals surface area contributed by atoms with Crippen molar-refractivity contribution in [2.75, 3.05) is 17.3 Å². The van der Waals surface area contributed by atoms with Crippen molar-refractivity contribution in [3.05, 3.63) is 40.2 Å². The summed E-state index contributed by atoms with van der Waals surface area (Å²) in [6, 6.07) is 4.67. The van der Waals surface area contributed by atoms with Crippen molar-refractivity contribution in [3.63, 3.8) is 0 Å². The third-order valence-electron chi connectivity index (χ3n) is 4.01. The van der Waals surface area contributed by atoms with Crippen molar-refractivity contribution in [1.82, 2.24) is 10.5 Å². The molecule has 0 spiro atoms. The standard InChI is InChI=1S/C17H19ClN4O3/c1-9-15(10(2)25-21-9)22(3)17(24)20-12-6-7-14(18)13(8-12)16(23)19-11-4-5-11/h6-8,11H,4-5H2,1-3H3,(H,19,23)(H,20,24). The van der Waals surface area contributed by atoms with E-state index in [0.29, 0.717) is 33.4 Å². The third-order valence-corrected chi connectivity index (χ3v) is 4.34. The van der Waals surface area contributed by atoms with Gasteiger partial charge in [-0.05, 0) is 44.9 Å². The molecule has 1 fully saturated rings. The van der Waals surface area contributed by atoms with Crippen molar-refractivity contribution < 1.29 is 14.1 Å². The summed E-state index contributed by atoms with van der Waals surface area (Å²) >= 11 is 6.11. The molecule has 1 aliphatic rings. The van der Waals surface area contributed by atoms with Crippen LogP contribution in [-0.4, -0.2) is 30.2 Å². The molecule has 0 radical (unpaired) electrons. The monoisotopic (exact) mass is 362 g/mol. The molecule has 0 aliphatic heterocycles. The van der Waals surface area contributed by atoms with Gasteiger partial charge in [-0.1, -0.05) is 16.8 Å². The molecule has 1 aliphatic carbocycles. The largest absolute Gasteiger partial charge is 0.359 e. The van der Waals surface area contributed by atoms with E-state index in [0.717, 1.165) is 12.8 Å². The highest BCUT2D eigenvalue weighted by Crippen LogP contribution is 2.26. The quantitative estimate of drug-likeness (QED) is 0.871. The van der Waals surface area contributed by atoms with Gasteiger partial charge < -0.3 is 15.2 Å². The zero-order valence-corrected chi connectivity index (χ0v) is 15.0. The molecule has 0 saturated heterocycles. The molecule has 1 saturated carbocycles. The number of hydrogen-bond donors (Lipinski definition) is 2. The van der Waals surface area contributed by atoms with Gasteiger partial charge in [0.2, 0.25) is 0 Å². The molecule has 25 heavy (non-hydrogen) atoms. The molecule has 2 N–H and O–H groups in total. The van der Waals surface area contributed by atoms with Crippen LogP contribution in [0.1, 0.15) is 34.7 Å². The van der Waals surface area contributed by atoms with Gasteiger partial charge in [-0.25, -0.2) is 4.79 Å². The summed E-state index contributed by atoms with van der Waals surface area (Å²) in [6.07, 6.45) is 1.98. The second-order valence-corrected chi connectivity index (χ2v) is 6.51. The lowest BCUT2D eigenvalue weighted by atomic mass is 10.2.